The molecule has 0 atom stereocenters. The minimum atomic E-state index is -0.355. The molecule has 78 valence electrons. The van der Waals surface area contributed by atoms with E-state index in [1.165, 1.54) is 0 Å². The molecular weight excluding hydrogens is 260 g/mol. The number of nitrogens with zero attached hydrogens (tertiary/aromatic N) is 1. The van der Waals surface area contributed by atoms with Crippen LogP contribution < -0.4 is 0 Å². The molecular formula is C10H9BrN2O2. The van der Waals surface area contributed by atoms with Crippen LogP contribution in [0.4, 0.5) is 0 Å². The van der Waals surface area contributed by atoms with E-state index in [9.17, 15) is 4.79 Å². The maximum Gasteiger partial charge on any atom is 0.354 e. The van der Waals surface area contributed by atoms with E-state index in [0.29, 0.717) is 12.3 Å². The van der Waals surface area contributed by atoms with Crippen LogP contribution in [0.3, 0.4) is 0 Å². The lowest BCUT2D eigenvalue weighted by Crippen LogP contribution is -2.04. The van der Waals surface area contributed by atoms with Crippen molar-refractivity contribution in [1.29, 1.82) is 0 Å². The fourth-order valence-electron chi connectivity index (χ4n) is 1.30. The molecule has 2 aromatic heterocycles. The Morgan fingerprint density at radius 2 is 2.40 bits per heavy atom. The zero-order chi connectivity index (χ0) is 10.8. The summed E-state index contributed by atoms with van der Waals surface area (Å²) >= 11 is 3.27. The maximum atomic E-state index is 11.4. The number of aromatic amines is 1. The number of carbonyl (C=O) groups is 1. The molecule has 0 aromatic carbocycles. The molecule has 0 aliphatic heterocycles. The molecule has 0 bridgehead atoms. The lowest BCUT2D eigenvalue weighted by molar-refractivity contribution is 0.0520. The number of fused-ring (bicyclic) bond motifs is 1. The van der Waals surface area contributed by atoms with Gasteiger partial charge in [-0.3, -0.25) is 0 Å². The number of H-pyrrole nitrogens is 1. The summed E-state index contributed by atoms with van der Waals surface area (Å²) in [4.78, 5) is 18.6. The average molecular weight is 269 g/mol. The SMILES string of the molecule is CCOC(=O)c1cc2nc(Br)ccc2[nH]1. The summed E-state index contributed by atoms with van der Waals surface area (Å²) in [6, 6.07) is 5.35. The van der Waals surface area contributed by atoms with Gasteiger partial charge in [0.25, 0.3) is 0 Å². The monoisotopic (exact) mass is 268 g/mol. The van der Waals surface area contributed by atoms with Crippen LogP contribution in [0.5, 0.6) is 0 Å². The highest BCUT2D eigenvalue weighted by atomic mass is 79.9. The van der Waals surface area contributed by atoms with Gasteiger partial charge in [-0.2, -0.15) is 0 Å². The summed E-state index contributed by atoms with van der Waals surface area (Å²) in [5.74, 6) is -0.355. The van der Waals surface area contributed by atoms with Gasteiger partial charge in [0.15, 0.2) is 0 Å². The van der Waals surface area contributed by atoms with Gasteiger partial charge in [-0.15, -0.1) is 0 Å². The second-order valence-corrected chi connectivity index (χ2v) is 3.78. The second kappa shape index (κ2) is 4.02. The van der Waals surface area contributed by atoms with Gasteiger partial charge in [0.05, 0.1) is 17.6 Å². The van der Waals surface area contributed by atoms with Gasteiger partial charge in [0.1, 0.15) is 10.3 Å². The first-order valence-corrected chi connectivity index (χ1v) is 5.32. The number of esters is 1. The molecule has 0 aliphatic rings. The molecule has 0 fully saturated rings. The minimum absolute atomic E-state index is 0.355. The fraction of sp³-hybridized carbons (Fsp3) is 0.200. The minimum Gasteiger partial charge on any atom is -0.461 e. The van der Waals surface area contributed by atoms with Crippen molar-refractivity contribution in [2.75, 3.05) is 6.61 Å². The maximum absolute atomic E-state index is 11.4. The molecule has 5 heteroatoms. The lowest BCUT2D eigenvalue weighted by atomic mass is 10.4. The number of pyridine rings is 1. The standard InChI is InChI=1S/C10H9BrN2O2/c1-2-15-10(14)8-5-7-6(12-8)3-4-9(11)13-7/h3-5,12H,2H2,1H3. The summed E-state index contributed by atoms with van der Waals surface area (Å²) < 4.78 is 5.62. The number of nitrogens with one attached hydrogen (secondary N) is 1. The third-order valence-electron chi connectivity index (χ3n) is 1.94. The molecule has 1 N–H and O–H groups in total. The van der Waals surface area contributed by atoms with Gasteiger partial charge in [-0.25, -0.2) is 9.78 Å². The van der Waals surface area contributed by atoms with Gasteiger partial charge in [-0.05, 0) is 41.1 Å². The molecule has 2 aromatic rings. The first-order valence-electron chi connectivity index (χ1n) is 4.53. The molecule has 2 heterocycles. The molecule has 0 unspecified atom stereocenters. The molecule has 0 aliphatic carbocycles. The number of hydrogen-bond donors (Lipinski definition) is 1. The Morgan fingerprint density at radius 3 is 3.13 bits per heavy atom. The Balaban J connectivity index is 2.42. The van der Waals surface area contributed by atoms with Crippen LogP contribution in [0.15, 0.2) is 22.8 Å². The van der Waals surface area contributed by atoms with Crippen LogP contribution in [0.25, 0.3) is 11.0 Å². The third-order valence-corrected chi connectivity index (χ3v) is 2.38. The van der Waals surface area contributed by atoms with Crippen molar-refractivity contribution < 1.29 is 9.53 Å². The summed E-state index contributed by atoms with van der Waals surface area (Å²) in [5, 5.41) is 0. The van der Waals surface area contributed by atoms with Crippen molar-refractivity contribution in [3.8, 4) is 0 Å². The number of ether oxygens (including phenoxy) is 1. The number of aromatic nitrogens is 2. The predicted molar refractivity (Wildman–Crippen MR) is 59.8 cm³/mol. The lowest BCUT2D eigenvalue weighted by Gasteiger charge is -1.96. The summed E-state index contributed by atoms with van der Waals surface area (Å²) in [5.41, 5.74) is 1.99. The van der Waals surface area contributed by atoms with Crippen molar-refractivity contribution in [2.24, 2.45) is 0 Å². The average Bonchev–Trinajstić information content (AvgIpc) is 2.60. The Labute approximate surface area is 94.8 Å². The largest absolute Gasteiger partial charge is 0.461 e. The molecule has 2 rings (SSSR count). The molecule has 15 heavy (non-hydrogen) atoms. The van der Waals surface area contributed by atoms with Crippen molar-refractivity contribution in [1.82, 2.24) is 9.97 Å². The molecule has 0 saturated carbocycles. The highest BCUT2D eigenvalue weighted by Crippen LogP contribution is 2.16. The first kappa shape index (κ1) is 10.2. The zero-order valence-corrected chi connectivity index (χ0v) is 9.67. The van der Waals surface area contributed by atoms with E-state index in [0.717, 1.165) is 15.6 Å². The van der Waals surface area contributed by atoms with Gasteiger partial charge >= 0.3 is 5.97 Å². The topological polar surface area (TPSA) is 55.0 Å². The van der Waals surface area contributed by atoms with Gasteiger partial charge in [0, 0.05) is 0 Å². The van der Waals surface area contributed by atoms with Crippen molar-refractivity contribution in [2.45, 2.75) is 6.92 Å². The van der Waals surface area contributed by atoms with Crippen molar-refractivity contribution in [3.05, 3.63) is 28.5 Å². The van der Waals surface area contributed by atoms with Crippen LogP contribution in [0.2, 0.25) is 0 Å². The molecule has 0 radical (unpaired) electrons. The summed E-state index contributed by atoms with van der Waals surface area (Å²) in [7, 11) is 0. The fourth-order valence-corrected chi connectivity index (χ4v) is 1.63. The molecule has 0 amide bonds. The van der Waals surface area contributed by atoms with Crippen LogP contribution in [0, 0.1) is 0 Å². The molecule has 0 spiro atoms. The van der Waals surface area contributed by atoms with E-state index < -0.39 is 0 Å². The van der Waals surface area contributed by atoms with E-state index in [1.54, 1.807) is 13.0 Å². The van der Waals surface area contributed by atoms with Crippen LogP contribution in [-0.2, 0) is 4.74 Å². The zero-order valence-electron chi connectivity index (χ0n) is 8.08. The van der Waals surface area contributed by atoms with E-state index in [4.69, 9.17) is 4.74 Å². The number of carbonyl (C=O) groups excluding carboxylic acids is 1. The first-order chi connectivity index (χ1) is 7.20. The van der Waals surface area contributed by atoms with Crippen LogP contribution in [0.1, 0.15) is 17.4 Å². The Bertz CT molecular complexity index is 507. The van der Waals surface area contributed by atoms with Crippen LogP contribution in [-0.4, -0.2) is 22.5 Å². The number of rotatable bonds is 2. The van der Waals surface area contributed by atoms with Gasteiger partial charge < -0.3 is 9.72 Å². The van der Waals surface area contributed by atoms with Crippen LogP contribution >= 0.6 is 15.9 Å². The quantitative estimate of drug-likeness (QED) is 0.673. The van der Waals surface area contributed by atoms with E-state index >= 15 is 0 Å². The third kappa shape index (κ3) is 2.02. The summed E-state index contributed by atoms with van der Waals surface area (Å²) in [6.45, 7) is 2.14. The highest BCUT2D eigenvalue weighted by Gasteiger charge is 2.10. The predicted octanol–water partition coefficient (Wildman–Crippen LogP) is 2.50. The smallest absolute Gasteiger partial charge is 0.354 e. The van der Waals surface area contributed by atoms with Gasteiger partial charge in [-0.1, -0.05) is 0 Å². The van der Waals surface area contributed by atoms with Crippen molar-refractivity contribution >= 4 is 32.9 Å². The highest BCUT2D eigenvalue weighted by molar-refractivity contribution is 9.10. The Hall–Kier alpha value is -1.36. The molecule has 0 saturated heterocycles. The number of halogens is 1. The van der Waals surface area contributed by atoms with E-state index in [-0.39, 0.29) is 5.97 Å². The molecule has 4 nitrogen and oxygen atoms in total. The van der Waals surface area contributed by atoms with E-state index in [1.807, 2.05) is 12.1 Å². The summed E-state index contributed by atoms with van der Waals surface area (Å²) in [6.07, 6.45) is 0. The Kier molecular flexibility index (Phi) is 2.73. The second-order valence-electron chi connectivity index (χ2n) is 2.97. The Morgan fingerprint density at radius 1 is 1.60 bits per heavy atom. The normalized spacial score (nSPS) is 10.5. The van der Waals surface area contributed by atoms with Crippen molar-refractivity contribution in [3.63, 3.8) is 0 Å². The van der Waals surface area contributed by atoms with E-state index in [2.05, 4.69) is 25.9 Å². The number of hydrogen-bond acceptors (Lipinski definition) is 3. The van der Waals surface area contributed by atoms with Gasteiger partial charge in [0.2, 0.25) is 0 Å².